The molecular formula is C20H22N2O5S. The third-order valence-electron chi connectivity index (χ3n) is 4.72. The zero-order valence-electron chi connectivity index (χ0n) is 15.8. The van der Waals surface area contributed by atoms with Gasteiger partial charge in [-0.3, -0.25) is 9.52 Å². The van der Waals surface area contributed by atoms with Crippen LogP contribution in [0.1, 0.15) is 39.1 Å². The number of methoxy groups -OCH3 is 1. The van der Waals surface area contributed by atoms with Crippen molar-refractivity contribution in [3.63, 3.8) is 0 Å². The van der Waals surface area contributed by atoms with E-state index in [0.717, 1.165) is 12.8 Å². The van der Waals surface area contributed by atoms with Gasteiger partial charge >= 0.3 is 5.97 Å². The summed E-state index contributed by atoms with van der Waals surface area (Å²) in [5.41, 5.74) is 1.29. The summed E-state index contributed by atoms with van der Waals surface area (Å²) in [6.07, 6.45) is 1.89. The number of sulfonamides is 1. The van der Waals surface area contributed by atoms with Crippen LogP contribution in [0, 0.1) is 6.92 Å². The van der Waals surface area contributed by atoms with Gasteiger partial charge in [-0.1, -0.05) is 18.2 Å². The predicted molar refractivity (Wildman–Crippen MR) is 105 cm³/mol. The van der Waals surface area contributed by atoms with E-state index in [9.17, 15) is 18.0 Å². The van der Waals surface area contributed by atoms with Crippen LogP contribution in [0.5, 0.6) is 0 Å². The van der Waals surface area contributed by atoms with Crippen molar-refractivity contribution in [1.82, 2.24) is 4.90 Å². The van der Waals surface area contributed by atoms with E-state index in [-0.39, 0.29) is 22.1 Å². The Morgan fingerprint density at radius 3 is 2.39 bits per heavy atom. The average Bonchev–Trinajstić information content (AvgIpc) is 3.22. The van der Waals surface area contributed by atoms with Gasteiger partial charge in [0.2, 0.25) is 0 Å². The van der Waals surface area contributed by atoms with Crippen molar-refractivity contribution in [2.75, 3.05) is 24.9 Å². The number of aryl methyl sites for hydroxylation is 1. The van der Waals surface area contributed by atoms with Crippen LogP contribution in [-0.2, 0) is 14.8 Å². The fourth-order valence-corrected chi connectivity index (χ4v) is 4.26. The molecule has 1 aliphatic rings. The lowest BCUT2D eigenvalue weighted by Gasteiger charge is -2.18. The van der Waals surface area contributed by atoms with E-state index in [4.69, 9.17) is 4.74 Å². The molecule has 0 aliphatic carbocycles. The van der Waals surface area contributed by atoms with Crippen LogP contribution >= 0.6 is 0 Å². The Labute approximate surface area is 164 Å². The van der Waals surface area contributed by atoms with Gasteiger partial charge in [0.15, 0.2) is 0 Å². The van der Waals surface area contributed by atoms with E-state index < -0.39 is 16.0 Å². The molecule has 28 heavy (non-hydrogen) atoms. The van der Waals surface area contributed by atoms with Crippen LogP contribution in [-0.4, -0.2) is 45.4 Å². The lowest BCUT2D eigenvalue weighted by molar-refractivity contribution is 0.0599. The molecule has 8 heteroatoms. The molecule has 2 aromatic carbocycles. The highest BCUT2D eigenvalue weighted by molar-refractivity contribution is 7.92. The standard InChI is InChI=1S/C20H22N2O5S/c1-14-9-10-15(13-17(14)20(24)27-2)28(25,26)21-18-8-4-3-7-16(18)19(23)22-11-5-6-12-22/h3-4,7-10,13,21H,5-6,11-12H2,1-2H3. The van der Waals surface area contributed by atoms with Gasteiger partial charge in [-0.15, -0.1) is 0 Å². The fourth-order valence-electron chi connectivity index (χ4n) is 3.15. The third kappa shape index (κ3) is 4.01. The Morgan fingerprint density at radius 2 is 1.71 bits per heavy atom. The number of hydrogen-bond acceptors (Lipinski definition) is 5. The largest absolute Gasteiger partial charge is 0.465 e. The molecule has 0 atom stereocenters. The zero-order chi connectivity index (χ0) is 20.3. The minimum Gasteiger partial charge on any atom is -0.465 e. The molecule has 0 unspecified atom stereocenters. The minimum absolute atomic E-state index is 0.0816. The molecule has 2 aromatic rings. The first-order chi connectivity index (χ1) is 13.3. The lowest BCUT2D eigenvalue weighted by atomic mass is 10.1. The van der Waals surface area contributed by atoms with Crippen molar-refractivity contribution in [2.24, 2.45) is 0 Å². The molecule has 0 bridgehead atoms. The molecule has 7 nitrogen and oxygen atoms in total. The normalized spacial score (nSPS) is 14.0. The number of para-hydroxylation sites is 1. The van der Waals surface area contributed by atoms with Gasteiger partial charge in [-0.25, -0.2) is 13.2 Å². The number of nitrogens with one attached hydrogen (secondary N) is 1. The molecule has 0 radical (unpaired) electrons. The highest BCUT2D eigenvalue weighted by Gasteiger charge is 2.24. The molecule has 3 rings (SSSR count). The van der Waals surface area contributed by atoms with Crippen LogP contribution in [0.15, 0.2) is 47.4 Å². The van der Waals surface area contributed by atoms with Crippen molar-refractivity contribution >= 4 is 27.6 Å². The number of benzene rings is 2. The number of likely N-dealkylation sites (tertiary alicyclic amines) is 1. The van der Waals surface area contributed by atoms with Crippen molar-refractivity contribution in [3.05, 3.63) is 59.2 Å². The number of esters is 1. The monoisotopic (exact) mass is 402 g/mol. The Kier molecular flexibility index (Phi) is 5.69. The lowest BCUT2D eigenvalue weighted by Crippen LogP contribution is -2.28. The summed E-state index contributed by atoms with van der Waals surface area (Å²) in [5, 5.41) is 0. The van der Waals surface area contributed by atoms with E-state index in [1.807, 2.05) is 0 Å². The number of rotatable bonds is 5. The van der Waals surface area contributed by atoms with E-state index in [0.29, 0.717) is 24.2 Å². The van der Waals surface area contributed by atoms with Crippen LogP contribution in [0.4, 0.5) is 5.69 Å². The third-order valence-corrected chi connectivity index (χ3v) is 6.08. The Hall–Kier alpha value is -2.87. The minimum atomic E-state index is -4.00. The van der Waals surface area contributed by atoms with E-state index in [2.05, 4.69) is 4.72 Å². The maximum Gasteiger partial charge on any atom is 0.338 e. The zero-order valence-corrected chi connectivity index (χ0v) is 16.6. The highest BCUT2D eigenvalue weighted by Crippen LogP contribution is 2.24. The Morgan fingerprint density at radius 1 is 1.04 bits per heavy atom. The number of hydrogen-bond donors (Lipinski definition) is 1. The maximum absolute atomic E-state index is 12.9. The number of amides is 1. The first-order valence-corrected chi connectivity index (χ1v) is 10.4. The smallest absolute Gasteiger partial charge is 0.338 e. The van der Waals surface area contributed by atoms with Gasteiger partial charge in [0, 0.05) is 13.1 Å². The highest BCUT2D eigenvalue weighted by atomic mass is 32.2. The van der Waals surface area contributed by atoms with Crippen LogP contribution in [0.3, 0.4) is 0 Å². The van der Waals surface area contributed by atoms with Gasteiger partial charge in [0.25, 0.3) is 15.9 Å². The van der Waals surface area contributed by atoms with Gasteiger partial charge < -0.3 is 9.64 Å². The fraction of sp³-hybridized carbons (Fsp3) is 0.300. The maximum atomic E-state index is 12.9. The molecule has 148 valence electrons. The second-order valence-electron chi connectivity index (χ2n) is 6.62. The first-order valence-electron chi connectivity index (χ1n) is 8.93. The van der Waals surface area contributed by atoms with Gasteiger partial charge in [0.1, 0.15) is 0 Å². The average molecular weight is 402 g/mol. The van der Waals surface area contributed by atoms with E-state index in [1.54, 1.807) is 42.2 Å². The van der Waals surface area contributed by atoms with Crippen LogP contribution in [0.25, 0.3) is 0 Å². The molecule has 1 heterocycles. The molecule has 1 amide bonds. The second-order valence-corrected chi connectivity index (χ2v) is 8.30. The quantitative estimate of drug-likeness (QED) is 0.777. The summed E-state index contributed by atoms with van der Waals surface area (Å²) in [6, 6.07) is 10.7. The molecule has 0 aromatic heterocycles. The number of ether oxygens (including phenoxy) is 1. The molecule has 1 aliphatic heterocycles. The van der Waals surface area contributed by atoms with Crippen molar-refractivity contribution < 1.29 is 22.7 Å². The number of nitrogens with zero attached hydrogens (tertiary/aromatic N) is 1. The SMILES string of the molecule is COC(=O)c1cc(S(=O)(=O)Nc2ccccc2C(=O)N2CCCC2)ccc1C. The molecule has 1 N–H and O–H groups in total. The van der Waals surface area contributed by atoms with Gasteiger partial charge in [-0.2, -0.15) is 0 Å². The predicted octanol–water partition coefficient (Wildman–Crippen LogP) is 2.82. The number of carbonyl (C=O) groups is 2. The number of carbonyl (C=O) groups excluding carboxylic acids is 2. The van der Waals surface area contributed by atoms with E-state index >= 15 is 0 Å². The summed E-state index contributed by atoms with van der Waals surface area (Å²) >= 11 is 0. The van der Waals surface area contributed by atoms with E-state index in [1.165, 1.54) is 19.2 Å². The van der Waals surface area contributed by atoms with Crippen LogP contribution < -0.4 is 4.72 Å². The molecule has 0 spiro atoms. The molecule has 1 saturated heterocycles. The first kappa shape index (κ1) is 19.9. The Balaban J connectivity index is 1.93. The molecule has 1 fully saturated rings. The summed E-state index contributed by atoms with van der Waals surface area (Å²) in [5.74, 6) is -0.811. The van der Waals surface area contributed by atoms with Crippen molar-refractivity contribution in [3.8, 4) is 0 Å². The topological polar surface area (TPSA) is 92.8 Å². The van der Waals surface area contributed by atoms with Crippen molar-refractivity contribution in [1.29, 1.82) is 0 Å². The van der Waals surface area contributed by atoms with Gasteiger partial charge in [-0.05, 0) is 49.6 Å². The van der Waals surface area contributed by atoms with Crippen molar-refractivity contribution in [2.45, 2.75) is 24.7 Å². The summed E-state index contributed by atoms with van der Waals surface area (Å²) in [4.78, 5) is 26.3. The summed E-state index contributed by atoms with van der Waals surface area (Å²) in [7, 11) is -2.76. The molecule has 0 saturated carbocycles. The summed E-state index contributed by atoms with van der Waals surface area (Å²) in [6.45, 7) is 3.03. The van der Waals surface area contributed by atoms with Crippen LogP contribution in [0.2, 0.25) is 0 Å². The second kappa shape index (κ2) is 8.02. The van der Waals surface area contributed by atoms with Gasteiger partial charge in [0.05, 0.1) is 28.8 Å². The number of anilines is 1. The molecular weight excluding hydrogens is 380 g/mol. The summed E-state index contributed by atoms with van der Waals surface area (Å²) < 4.78 is 33.0. The Bertz CT molecular complexity index is 1010.